The minimum Gasteiger partial charge on any atom is -0.398 e. The lowest BCUT2D eigenvalue weighted by molar-refractivity contribution is 0.480. The molecule has 1 aliphatic carbocycles. The second-order valence-corrected chi connectivity index (χ2v) is 8.02. The van der Waals surface area contributed by atoms with E-state index in [-0.39, 0.29) is 10.6 Å². The molecular weight excluding hydrogens is 340 g/mol. The number of hydrogen-bond donors (Lipinski definition) is 2. The molecule has 0 unspecified atom stereocenters. The summed E-state index contributed by atoms with van der Waals surface area (Å²) in [5, 5.41) is 0. The first-order valence-electron chi connectivity index (χ1n) is 7.04. The van der Waals surface area contributed by atoms with Crippen molar-refractivity contribution in [2.75, 3.05) is 12.3 Å². The lowest BCUT2D eigenvalue weighted by Gasteiger charge is -2.11. The molecule has 1 aromatic carbocycles. The van der Waals surface area contributed by atoms with Gasteiger partial charge in [0.05, 0.1) is 5.69 Å². The molecule has 0 atom stereocenters. The van der Waals surface area contributed by atoms with Crippen LogP contribution in [0.25, 0.3) is 0 Å². The van der Waals surface area contributed by atoms with Crippen LogP contribution in [0.3, 0.4) is 0 Å². The Labute approximate surface area is 129 Å². The van der Waals surface area contributed by atoms with E-state index in [1.807, 2.05) is 0 Å². The third kappa shape index (κ3) is 4.20. The molecule has 20 heavy (non-hydrogen) atoms. The molecule has 112 valence electrons. The Morgan fingerprint density at radius 2 is 2.00 bits per heavy atom. The molecule has 0 bridgehead atoms. The quantitative estimate of drug-likeness (QED) is 0.603. The number of rotatable bonds is 6. The first kappa shape index (κ1) is 15.8. The van der Waals surface area contributed by atoms with Gasteiger partial charge in [-0.05, 0) is 37.0 Å². The predicted molar refractivity (Wildman–Crippen MR) is 84.9 cm³/mol. The fraction of sp³-hybridized carbons (Fsp3) is 0.571. The summed E-state index contributed by atoms with van der Waals surface area (Å²) < 4.78 is 27.7. The zero-order valence-corrected chi connectivity index (χ0v) is 13.8. The fourth-order valence-corrected chi connectivity index (χ4v) is 4.30. The normalized spacial score (nSPS) is 16.6. The Morgan fingerprint density at radius 1 is 1.30 bits per heavy atom. The van der Waals surface area contributed by atoms with Crippen LogP contribution >= 0.6 is 15.9 Å². The maximum absolute atomic E-state index is 12.2. The molecule has 1 aliphatic rings. The van der Waals surface area contributed by atoms with Gasteiger partial charge in [0.15, 0.2) is 0 Å². The standard InChI is InChI=1S/C14H21BrN2O2S/c15-12-7-8-14(13(16)10-12)20(18,19)17-9-3-6-11-4-1-2-5-11/h7-8,10-11,17H,1-6,9,16H2. The number of hydrogen-bond acceptors (Lipinski definition) is 3. The third-order valence-electron chi connectivity index (χ3n) is 3.82. The van der Waals surface area contributed by atoms with Crippen LogP contribution in [0, 0.1) is 5.92 Å². The van der Waals surface area contributed by atoms with Gasteiger partial charge in [-0.15, -0.1) is 0 Å². The highest BCUT2D eigenvalue weighted by Gasteiger charge is 2.18. The maximum atomic E-state index is 12.2. The van der Waals surface area contributed by atoms with Gasteiger partial charge >= 0.3 is 0 Å². The lowest BCUT2D eigenvalue weighted by Crippen LogP contribution is -2.25. The van der Waals surface area contributed by atoms with E-state index >= 15 is 0 Å². The van der Waals surface area contributed by atoms with Crippen LogP contribution in [0.1, 0.15) is 38.5 Å². The number of nitrogen functional groups attached to an aromatic ring is 1. The molecule has 1 fully saturated rings. The van der Waals surface area contributed by atoms with Crippen LogP contribution in [0.4, 0.5) is 5.69 Å². The van der Waals surface area contributed by atoms with Gasteiger partial charge in [-0.2, -0.15) is 0 Å². The van der Waals surface area contributed by atoms with Crippen molar-refractivity contribution in [2.24, 2.45) is 5.92 Å². The van der Waals surface area contributed by atoms with Gasteiger partial charge in [0.1, 0.15) is 4.90 Å². The second-order valence-electron chi connectivity index (χ2n) is 5.37. The second kappa shape index (κ2) is 6.91. The van der Waals surface area contributed by atoms with Crippen molar-refractivity contribution in [1.82, 2.24) is 4.72 Å². The van der Waals surface area contributed by atoms with Gasteiger partial charge in [0.2, 0.25) is 10.0 Å². The van der Waals surface area contributed by atoms with E-state index in [1.54, 1.807) is 12.1 Å². The maximum Gasteiger partial charge on any atom is 0.242 e. The molecule has 0 amide bonds. The molecule has 3 N–H and O–H groups in total. The van der Waals surface area contributed by atoms with Crippen molar-refractivity contribution < 1.29 is 8.42 Å². The summed E-state index contributed by atoms with van der Waals surface area (Å²) in [5.41, 5.74) is 6.03. The number of sulfonamides is 1. The van der Waals surface area contributed by atoms with Crippen molar-refractivity contribution in [1.29, 1.82) is 0 Å². The topological polar surface area (TPSA) is 72.2 Å². The Kier molecular flexibility index (Phi) is 5.46. The van der Waals surface area contributed by atoms with Crippen molar-refractivity contribution in [2.45, 2.75) is 43.4 Å². The Hall–Kier alpha value is -0.590. The largest absolute Gasteiger partial charge is 0.398 e. The minimum absolute atomic E-state index is 0.154. The summed E-state index contributed by atoms with van der Waals surface area (Å²) in [7, 11) is -3.50. The molecule has 0 aromatic heterocycles. The summed E-state index contributed by atoms with van der Waals surface area (Å²) in [6.07, 6.45) is 7.25. The average Bonchev–Trinajstić information content (AvgIpc) is 2.87. The Morgan fingerprint density at radius 3 is 2.65 bits per heavy atom. The van der Waals surface area contributed by atoms with Gasteiger partial charge < -0.3 is 5.73 Å². The first-order chi connectivity index (χ1) is 9.49. The summed E-state index contributed by atoms with van der Waals surface area (Å²) >= 11 is 3.27. The van der Waals surface area contributed by atoms with Crippen molar-refractivity contribution in [3.05, 3.63) is 22.7 Å². The highest BCUT2D eigenvalue weighted by molar-refractivity contribution is 9.10. The summed E-state index contributed by atoms with van der Waals surface area (Å²) in [6, 6.07) is 4.81. The molecule has 1 saturated carbocycles. The molecular formula is C14H21BrN2O2S. The zero-order chi connectivity index (χ0) is 14.6. The fourth-order valence-electron chi connectivity index (χ4n) is 2.74. The van der Waals surface area contributed by atoms with Crippen LogP contribution in [0.2, 0.25) is 0 Å². The smallest absolute Gasteiger partial charge is 0.242 e. The molecule has 0 saturated heterocycles. The molecule has 0 heterocycles. The molecule has 4 nitrogen and oxygen atoms in total. The lowest BCUT2D eigenvalue weighted by atomic mass is 10.0. The Bertz CT molecular complexity index is 554. The van der Waals surface area contributed by atoms with Crippen molar-refractivity contribution >= 4 is 31.6 Å². The van der Waals surface area contributed by atoms with E-state index in [0.29, 0.717) is 6.54 Å². The van der Waals surface area contributed by atoms with Crippen molar-refractivity contribution in [3.8, 4) is 0 Å². The van der Waals surface area contributed by atoms with Gasteiger partial charge in [-0.1, -0.05) is 41.6 Å². The van der Waals surface area contributed by atoms with Crippen LogP contribution in [-0.4, -0.2) is 15.0 Å². The molecule has 1 aromatic rings. The van der Waals surface area contributed by atoms with Gasteiger partial charge in [0.25, 0.3) is 0 Å². The summed E-state index contributed by atoms with van der Waals surface area (Å²) in [4.78, 5) is 0.154. The first-order valence-corrected chi connectivity index (χ1v) is 9.31. The SMILES string of the molecule is Nc1cc(Br)ccc1S(=O)(=O)NCCCC1CCCC1. The number of nitrogens with one attached hydrogen (secondary N) is 1. The predicted octanol–water partition coefficient (Wildman–Crippen LogP) is 3.28. The number of anilines is 1. The molecule has 6 heteroatoms. The van der Waals surface area contributed by atoms with Crippen LogP contribution in [0.15, 0.2) is 27.6 Å². The monoisotopic (exact) mass is 360 g/mol. The third-order valence-corrected chi connectivity index (χ3v) is 5.85. The van der Waals surface area contributed by atoms with E-state index in [9.17, 15) is 8.42 Å². The molecule has 0 aliphatic heterocycles. The van der Waals surface area contributed by atoms with E-state index in [1.165, 1.54) is 31.7 Å². The van der Waals surface area contributed by atoms with Crippen LogP contribution in [-0.2, 0) is 10.0 Å². The van der Waals surface area contributed by atoms with E-state index in [4.69, 9.17) is 5.73 Å². The average molecular weight is 361 g/mol. The van der Waals surface area contributed by atoms with E-state index in [2.05, 4.69) is 20.7 Å². The minimum atomic E-state index is -3.50. The number of benzene rings is 1. The molecule has 2 rings (SSSR count). The summed E-state index contributed by atoms with van der Waals surface area (Å²) in [6.45, 7) is 0.480. The summed E-state index contributed by atoms with van der Waals surface area (Å²) in [5.74, 6) is 0.789. The van der Waals surface area contributed by atoms with Crippen molar-refractivity contribution in [3.63, 3.8) is 0 Å². The highest BCUT2D eigenvalue weighted by Crippen LogP contribution is 2.28. The van der Waals surface area contributed by atoms with Gasteiger partial charge in [-0.3, -0.25) is 0 Å². The van der Waals surface area contributed by atoms with Crippen LogP contribution < -0.4 is 10.5 Å². The van der Waals surface area contributed by atoms with Gasteiger partial charge in [-0.25, -0.2) is 13.1 Å². The van der Waals surface area contributed by atoms with Crippen LogP contribution in [0.5, 0.6) is 0 Å². The van der Waals surface area contributed by atoms with E-state index in [0.717, 1.165) is 23.2 Å². The highest BCUT2D eigenvalue weighted by atomic mass is 79.9. The number of nitrogens with two attached hydrogens (primary N) is 1. The Balaban J connectivity index is 1.87. The molecule has 0 spiro atoms. The molecule has 0 radical (unpaired) electrons. The number of halogens is 1. The van der Waals surface area contributed by atoms with Gasteiger partial charge in [0, 0.05) is 11.0 Å². The van der Waals surface area contributed by atoms with E-state index < -0.39 is 10.0 Å². The zero-order valence-electron chi connectivity index (χ0n) is 11.4.